The van der Waals surface area contributed by atoms with Gasteiger partial charge in [-0.05, 0) is 18.6 Å². The highest BCUT2D eigenvalue weighted by molar-refractivity contribution is 7.91. The highest BCUT2D eigenvalue weighted by Crippen LogP contribution is 2.13. The van der Waals surface area contributed by atoms with Gasteiger partial charge in [0, 0.05) is 50.9 Å². The smallest absolute Gasteiger partial charge is 0.270 e. The van der Waals surface area contributed by atoms with Crippen molar-refractivity contribution in [3.05, 3.63) is 29.6 Å². The minimum Gasteiger partial charge on any atom is -0.347 e. The van der Waals surface area contributed by atoms with Crippen LogP contribution in [0.2, 0.25) is 0 Å². The van der Waals surface area contributed by atoms with Crippen LogP contribution in [0.25, 0.3) is 0 Å². The van der Waals surface area contributed by atoms with Gasteiger partial charge in [0.25, 0.3) is 11.8 Å². The number of aromatic nitrogens is 1. The van der Waals surface area contributed by atoms with Crippen molar-refractivity contribution in [3.8, 4) is 0 Å². The average Bonchev–Trinajstić information content (AvgIpc) is 2.99. The summed E-state index contributed by atoms with van der Waals surface area (Å²) in [5.41, 5.74) is 0.415. The zero-order valence-electron chi connectivity index (χ0n) is 15.1. The van der Waals surface area contributed by atoms with E-state index in [2.05, 4.69) is 10.3 Å². The molecule has 0 spiro atoms. The lowest BCUT2D eigenvalue weighted by molar-refractivity contribution is -0.130. The van der Waals surface area contributed by atoms with E-state index in [1.807, 2.05) is 0 Å². The number of rotatable bonds is 3. The number of nitrogens with one attached hydrogen (secondary N) is 1. The normalized spacial score (nSPS) is 21.7. The molecule has 0 bridgehead atoms. The summed E-state index contributed by atoms with van der Waals surface area (Å²) in [5, 5.41) is 2.67. The topological polar surface area (TPSA) is 117 Å². The quantitative estimate of drug-likeness (QED) is 0.725. The molecule has 2 aliphatic heterocycles. The van der Waals surface area contributed by atoms with Gasteiger partial charge in [-0.2, -0.15) is 0 Å². The summed E-state index contributed by atoms with van der Waals surface area (Å²) in [7, 11) is -3.09. The molecule has 1 aromatic rings. The lowest BCUT2D eigenvalue weighted by Crippen LogP contribution is -2.50. The standard InChI is InChI=1S/C17H22N4O5S/c1-12(22)20-5-7-21(8-6-20)17(24)13-2-4-18-15(10-13)16(23)19-14-3-9-27(25,26)11-14/h2,4,10,14H,3,5-9,11H2,1H3,(H,19,23). The molecule has 0 aliphatic carbocycles. The van der Waals surface area contributed by atoms with E-state index in [1.54, 1.807) is 9.80 Å². The van der Waals surface area contributed by atoms with Gasteiger partial charge in [0.05, 0.1) is 11.5 Å². The molecule has 2 aliphatic rings. The number of hydrogen-bond acceptors (Lipinski definition) is 6. The van der Waals surface area contributed by atoms with E-state index in [9.17, 15) is 22.8 Å². The van der Waals surface area contributed by atoms with Crippen molar-refractivity contribution in [2.75, 3.05) is 37.7 Å². The maximum absolute atomic E-state index is 12.7. The monoisotopic (exact) mass is 394 g/mol. The maximum atomic E-state index is 12.7. The summed E-state index contributed by atoms with van der Waals surface area (Å²) in [6.07, 6.45) is 1.77. The van der Waals surface area contributed by atoms with Gasteiger partial charge in [-0.25, -0.2) is 8.42 Å². The fourth-order valence-electron chi connectivity index (χ4n) is 3.26. The third kappa shape index (κ3) is 4.62. The molecule has 146 valence electrons. The minimum absolute atomic E-state index is 0.0149. The lowest BCUT2D eigenvalue weighted by Gasteiger charge is -2.34. The van der Waals surface area contributed by atoms with E-state index < -0.39 is 21.8 Å². The number of nitrogens with zero attached hydrogens (tertiary/aromatic N) is 3. The van der Waals surface area contributed by atoms with E-state index in [0.29, 0.717) is 38.2 Å². The Bertz CT molecular complexity index is 862. The lowest BCUT2D eigenvalue weighted by atomic mass is 10.1. The van der Waals surface area contributed by atoms with E-state index >= 15 is 0 Å². The van der Waals surface area contributed by atoms with Crippen LogP contribution in [0.3, 0.4) is 0 Å². The SMILES string of the molecule is CC(=O)N1CCN(C(=O)c2ccnc(C(=O)NC3CCS(=O)(=O)C3)c2)CC1. The zero-order chi connectivity index (χ0) is 19.6. The molecular formula is C17H22N4O5S. The summed E-state index contributed by atoms with van der Waals surface area (Å²) < 4.78 is 23.0. The van der Waals surface area contributed by atoms with Crippen LogP contribution in [0.15, 0.2) is 18.3 Å². The Morgan fingerprint density at radius 3 is 2.41 bits per heavy atom. The summed E-state index contributed by atoms with van der Waals surface area (Å²) in [6, 6.07) is 2.53. The van der Waals surface area contributed by atoms with Crippen LogP contribution < -0.4 is 5.32 Å². The highest BCUT2D eigenvalue weighted by atomic mass is 32.2. The molecule has 9 nitrogen and oxygen atoms in total. The Balaban J connectivity index is 1.64. The summed E-state index contributed by atoms with van der Waals surface area (Å²) in [6.45, 7) is 3.33. The van der Waals surface area contributed by atoms with Crippen molar-refractivity contribution in [1.29, 1.82) is 0 Å². The summed E-state index contributed by atoms with van der Waals surface area (Å²) >= 11 is 0. The predicted octanol–water partition coefficient (Wildman–Crippen LogP) is -0.697. The van der Waals surface area contributed by atoms with Crippen molar-refractivity contribution in [3.63, 3.8) is 0 Å². The number of carbonyl (C=O) groups excluding carboxylic acids is 3. The Morgan fingerprint density at radius 2 is 1.81 bits per heavy atom. The molecule has 1 aromatic heterocycles. The van der Waals surface area contributed by atoms with Gasteiger partial charge in [-0.1, -0.05) is 0 Å². The molecule has 1 unspecified atom stereocenters. The van der Waals surface area contributed by atoms with Gasteiger partial charge in [-0.3, -0.25) is 19.4 Å². The van der Waals surface area contributed by atoms with E-state index in [-0.39, 0.29) is 29.0 Å². The number of carbonyl (C=O) groups is 3. The zero-order valence-corrected chi connectivity index (χ0v) is 15.9. The first-order chi connectivity index (χ1) is 12.7. The van der Waals surface area contributed by atoms with Gasteiger partial charge >= 0.3 is 0 Å². The second kappa shape index (κ2) is 7.63. The molecule has 3 heterocycles. The van der Waals surface area contributed by atoms with Crippen LogP contribution in [-0.2, 0) is 14.6 Å². The number of hydrogen-bond donors (Lipinski definition) is 1. The largest absolute Gasteiger partial charge is 0.347 e. The number of pyridine rings is 1. The van der Waals surface area contributed by atoms with Crippen LogP contribution in [0, 0.1) is 0 Å². The molecule has 2 fully saturated rings. The number of piperazine rings is 1. The Kier molecular flexibility index (Phi) is 5.45. The first kappa shape index (κ1) is 19.3. The van der Waals surface area contributed by atoms with E-state index in [1.165, 1.54) is 25.3 Å². The summed E-state index contributed by atoms with van der Waals surface area (Å²) in [5.74, 6) is -0.737. The Morgan fingerprint density at radius 1 is 1.15 bits per heavy atom. The van der Waals surface area contributed by atoms with Crippen LogP contribution in [0.1, 0.15) is 34.2 Å². The first-order valence-corrected chi connectivity index (χ1v) is 10.6. The molecule has 10 heteroatoms. The number of amides is 3. The molecule has 3 rings (SSSR count). The second-order valence-electron chi connectivity index (χ2n) is 6.80. The third-order valence-corrected chi connectivity index (χ3v) is 6.59. The molecule has 0 aromatic carbocycles. The van der Waals surface area contributed by atoms with Gasteiger partial charge in [0.2, 0.25) is 5.91 Å². The van der Waals surface area contributed by atoms with Crippen LogP contribution in [0.4, 0.5) is 0 Å². The third-order valence-electron chi connectivity index (χ3n) is 4.82. The van der Waals surface area contributed by atoms with Crippen molar-refractivity contribution in [1.82, 2.24) is 20.1 Å². The van der Waals surface area contributed by atoms with Gasteiger partial charge in [0.1, 0.15) is 5.69 Å². The maximum Gasteiger partial charge on any atom is 0.270 e. The summed E-state index contributed by atoms with van der Waals surface area (Å²) in [4.78, 5) is 43.7. The van der Waals surface area contributed by atoms with Crippen LogP contribution >= 0.6 is 0 Å². The number of sulfone groups is 1. The van der Waals surface area contributed by atoms with Crippen molar-refractivity contribution in [2.45, 2.75) is 19.4 Å². The fraction of sp³-hybridized carbons (Fsp3) is 0.529. The van der Waals surface area contributed by atoms with E-state index in [4.69, 9.17) is 0 Å². The van der Waals surface area contributed by atoms with Crippen LogP contribution in [0.5, 0.6) is 0 Å². The molecule has 0 saturated carbocycles. The van der Waals surface area contributed by atoms with Crippen molar-refractivity contribution < 1.29 is 22.8 Å². The van der Waals surface area contributed by atoms with Gasteiger partial charge in [0.15, 0.2) is 9.84 Å². The molecule has 0 radical (unpaired) electrons. The van der Waals surface area contributed by atoms with Gasteiger partial charge < -0.3 is 15.1 Å². The second-order valence-corrected chi connectivity index (χ2v) is 9.03. The molecule has 1 N–H and O–H groups in total. The predicted molar refractivity (Wildman–Crippen MR) is 96.9 cm³/mol. The van der Waals surface area contributed by atoms with Crippen molar-refractivity contribution >= 4 is 27.6 Å². The van der Waals surface area contributed by atoms with Crippen LogP contribution in [-0.4, -0.2) is 84.6 Å². The molecular weight excluding hydrogens is 372 g/mol. The molecule has 1 atom stereocenters. The van der Waals surface area contributed by atoms with Gasteiger partial charge in [-0.15, -0.1) is 0 Å². The fourth-order valence-corrected chi connectivity index (χ4v) is 4.94. The molecule has 27 heavy (non-hydrogen) atoms. The Labute approximate surface area is 157 Å². The first-order valence-electron chi connectivity index (χ1n) is 8.77. The average molecular weight is 394 g/mol. The molecule has 2 saturated heterocycles. The molecule has 3 amide bonds. The van der Waals surface area contributed by atoms with E-state index in [0.717, 1.165) is 0 Å². The highest BCUT2D eigenvalue weighted by Gasteiger charge is 2.30. The minimum atomic E-state index is -3.09. The Hall–Kier alpha value is -2.49. The van der Waals surface area contributed by atoms with Crippen molar-refractivity contribution in [2.24, 2.45) is 0 Å².